The van der Waals surface area contributed by atoms with Gasteiger partial charge in [0.05, 0.1) is 12.7 Å². The summed E-state index contributed by atoms with van der Waals surface area (Å²) in [4.78, 5) is 0. The first-order valence-electron chi connectivity index (χ1n) is 6.91. The van der Waals surface area contributed by atoms with Crippen molar-refractivity contribution in [2.45, 2.75) is 39.7 Å². The summed E-state index contributed by atoms with van der Waals surface area (Å²) in [6, 6.07) is 0. The Kier molecular flexibility index (Phi) is 4.13. The fraction of sp³-hybridized carbons (Fsp3) is 1.00. The van der Waals surface area contributed by atoms with Gasteiger partial charge in [-0.2, -0.15) is 0 Å². The van der Waals surface area contributed by atoms with Crippen molar-refractivity contribution in [3.63, 3.8) is 0 Å². The van der Waals surface area contributed by atoms with Crippen molar-refractivity contribution < 1.29 is 20.6 Å². The molecule has 0 spiro atoms. The molecule has 0 aromatic carbocycles. The number of rotatable bonds is 1. The molecular formula is C7H24O2. The second kappa shape index (κ2) is 7.92. The zero-order chi connectivity index (χ0) is 14.4. The molecule has 1 aliphatic rings. The molecule has 9 heavy (non-hydrogen) atoms. The highest BCUT2D eigenvalue weighted by molar-refractivity contribution is 4.64. The number of hydrogen-bond acceptors (Lipinski definition) is 1. The van der Waals surface area contributed by atoms with Crippen LogP contribution in [0.5, 0.6) is 0 Å². The summed E-state index contributed by atoms with van der Waals surface area (Å²) in [5, 5.41) is 0. The molecule has 0 amide bonds. The lowest BCUT2D eigenvalue weighted by molar-refractivity contribution is 0.403. The Balaban J connectivity index is -0.0000000328. The van der Waals surface area contributed by atoms with Gasteiger partial charge in [0.15, 0.2) is 0 Å². The molecule has 1 unspecified atom stereocenters. The number of epoxide rings is 1. The molecule has 2 nitrogen and oxygen atoms in total. The molecule has 0 radical (unpaired) electrons. The maximum Gasteiger partial charge on any atom is 0.206 e. The third kappa shape index (κ3) is 11.5. The second-order valence-electron chi connectivity index (χ2n) is 2.07. The standard InChI is InChI=1S/C4H8O.C3H8.H2O.3H2/c1-2-4-3-5-4;1-3-2;;;;/h4H,2-3H2,1H3;3H2,1-2H3;1H2;3*1H/i;;;3*1+2T/hT. The van der Waals surface area contributed by atoms with Crippen LogP contribution in [0.2, 0.25) is 0 Å². The largest absolute Gasteiger partial charge is 0.412 e. The van der Waals surface area contributed by atoms with Crippen LogP contribution >= 0.6 is 0 Å². The lowest BCUT2D eigenvalue weighted by atomic mass is 10.4. The monoisotopic (exact) mass is 154 g/mol. The molecule has 0 aromatic heterocycles. The Hall–Kier alpha value is -0.0800. The van der Waals surface area contributed by atoms with Gasteiger partial charge < -0.3 is 10.2 Å². The van der Waals surface area contributed by atoms with Crippen LogP contribution in [0.25, 0.3) is 0 Å². The van der Waals surface area contributed by atoms with Gasteiger partial charge in [0.1, 0.15) is 0 Å². The molecule has 1 aliphatic heterocycles. The summed E-state index contributed by atoms with van der Waals surface area (Å²) in [5.74, 6) is 0. The summed E-state index contributed by atoms with van der Waals surface area (Å²) in [7, 11) is 0. The van der Waals surface area contributed by atoms with E-state index in [2.05, 4.69) is 20.8 Å². The number of hydrogen-bond donors (Lipinski definition) is 0. The van der Waals surface area contributed by atoms with Crippen molar-refractivity contribution in [2.75, 3.05) is 6.61 Å². The lowest BCUT2D eigenvalue weighted by Crippen LogP contribution is -1.73. The molecule has 0 bridgehead atoms. The SMILES string of the molecule is CCC.CCC1CO1.[3H]O.[3H][3H].[3H][3H].[3H][3H]. The zero-order valence-corrected chi connectivity index (χ0v) is 6.55. The maximum atomic E-state index is 6.25. The van der Waals surface area contributed by atoms with E-state index in [4.69, 9.17) is 20.6 Å². The van der Waals surface area contributed by atoms with E-state index in [1.165, 1.54) is 12.8 Å². The van der Waals surface area contributed by atoms with Crippen molar-refractivity contribution >= 4 is 0 Å². The minimum absolute atomic E-state index is 0.634. The van der Waals surface area contributed by atoms with Gasteiger partial charge >= 0.3 is 0 Å². The molecule has 0 saturated carbocycles. The van der Waals surface area contributed by atoms with E-state index in [-0.39, 0.29) is 0 Å². The van der Waals surface area contributed by atoms with E-state index in [1.54, 1.807) is 0 Å². The van der Waals surface area contributed by atoms with Crippen LogP contribution in [0.4, 0.5) is 0 Å². The Morgan fingerprint density at radius 3 is 2.11 bits per heavy atom. The predicted octanol–water partition coefficient (Wildman–Crippen LogP) is 2.12. The van der Waals surface area contributed by atoms with Crippen LogP contribution in [-0.2, 0) is 4.74 Å². The van der Waals surface area contributed by atoms with E-state index in [1.807, 2.05) is 0 Å². The Bertz CT molecular complexity index is 58.0. The molecule has 64 valence electrons. The summed E-state index contributed by atoms with van der Waals surface area (Å²) >= 11 is 0. The average Bonchev–Trinajstić information content (AvgIpc) is 3.24. The van der Waals surface area contributed by atoms with Crippen LogP contribution in [0.3, 0.4) is 0 Å². The third-order valence-electron chi connectivity index (χ3n) is 0.858. The van der Waals surface area contributed by atoms with Crippen LogP contribution in [0, 0.1) is 0 Å². The lowest BCUT2D eigenvalue weighted by Gasteiger charge is -1.69. The molecule has 1 heterocycles. The van der Waals surface area contributed by atoms with E-state index < -0.39 is 0 Å². The van der Waals surface area contributed by atoms with Gasteiger partial charge in [-0.05, 0) is 6.42 Å². The minimum atomic E-state index is 0.634. The molecule has 1 atom stereocenters. The fourth-order valence-corrected chi connectivity index (χ4v) is 0.304. The summed E-state index contributed by atoms with van der Waals surface area (Å²) < 4.78 is 39.6. The molecular weight excluding hydrogens is 116 g/mol. The van der Waals surface area contributed by atoms with Crippen LogP contribution in [-0.4, -0.2) is 18.2 Å². The molecule has 2 heteroatoms. The van der Waals surface area contributed by atoms with Gasteiger partial charge in [-0.25, -0.2) is 0 Å². The normalized spacial score (nSPS) is 24.4. The molecule has 1 fully saturated rings. The summed E-state index contributed by atoms with van der Waals surface area (Å²) in [5.41, 5.74) is 6.25. The Morgan fingerprint density at radius 2 is 2.11 bits per heavy atom. The first-order valence-corrected chi connectivity index (χ1v) is 3.46. The van der Waals surface area contributed by atoms with Gasteiger partial charge in [0.25, 0.3) is 0 Å². The van der Waals surface area contributed by atoms with Crippen molar-refractivity contribution in [1.29, 1.82) is 0 Å². The molecule has 1 saturated heterocycles. The Morgan fingerprint density at radius 1 is 1.78 bits per heavy atom. The third-order valence-corrected chi connectivity index (χ3v) is 0.858. The van der Waals surface area contributed by atoms with Crippen molar-refractivity contribution in [3.05, 3.63) is 0 Å². The van der Waals surface area contributed by atoms with Crippen LogP contribution in [0.15, 0.2) is 0 Å². The van der Waals surface area contributed by atoms with Crippen LogP contribution < -0.4 is 0 Å². The minimum Gasteiger partial charge on any atom is -0.412 e. The number of ether oxygens (including phenoxy) is 1. The quantitative estimate of drug-likeness (QED) is 0.534. The molecule has 0 aliphatic carbocycles. The van der Waals surface area contributed by atoms with E-state index in [9.17, 15) is 0 Å². The van der Waals surface area contributed by atoms with Gasteiger partial charge in [-0.1, -0.05) is 27.2 Å². The fourth-order valence-electron chi connectivity index (χ4n) is 0.304. The van der Waals surface area contributed by atoms with Crippen molar-refractivity contribution in [3.8, 4) is 0 Å². The van der Waals surface area contributed by atoms with Gasteiger partial charge in [0, 0.05) is 8.91 Å². The Labute approximate surface area is 68.3 Å². The summed E-state index contributed by atoms with van der Waals surface area (Å²) in [6.45, 7) is 7.40. The topological polar surface area (TPSA) is 44.0 Å². The smallest absolute Gasteiger partial charge is 0.206 e. The maximum absolute atomic E-state index is 6.25. The first kappa shape index (κ1) is 4.69. The zero-order valence-electron chi connectivity index (χ0n) is 13.6. The van der Waals surface area contributed by atoms with Crippen molar-refractivity contribution in [1.82, 2.24) is 0 Å². The van der Waals surface area contributed by atoms with E-state index >= 15 is 0 Å². The van der Waals surface area contributed by atoms with Gasteiger partial charge in [-0.15, -0.1) is 0 Å². The average molecular weight is 154 g/mol. The predicted molar refractivity (Wildman–Crippen MR) is 46.0 cm³/mol. The van der Waals surface area contributed by atoms with E-state index in [0.717, 1.165) is 6.61 Å². The highest BCUT2D eigenvalue weighted by atomic mass is 16.6. The van der Waals surface area contributed by atoms with Crippen molar-refractivity contribution in [2.24, 2.45) is 0 Å². The van der Waals surface area contributed by atoms with Crippen LogP contribution in [0.1, 0.15) is 44.0 Å². The molecule has 0 aromatic rings. The highest BCUT2D eigenvalue weighted by Crippen LogP contribution is 2.10. The molecule has 2 N–H and O–H groups in total. The highest BCUT2D eigenvalue weighted by Gasteiger charge is 2.18. The summed E-state index contributed by atoms with van der Waals surface area (Å²) in [6.07, 6.45) is 3.08. The second-order valence-corrected chi connectivity index (χ2v) is 2.07. The van der Waals surface area contributed by atoms with E-state index in [0.29, 0.717) is 6.10 Å². The first-order chi connectivity index (χ1) is 7.85. The van der Waals surface area contributed by atoms with Gasteiger partial charge in [-0.3, -0.25) is 0 Å². The molecule has 1 rings (SSSR count). The van der Waals surface area contributed by atoms with Gasteiger partial charge in [0.2, 0.25) is 1.43 Å².